The molecule has 2 aromatic rings. The molecule has 0 bridgehead atoms. The first kappa shape index (κ1) is 11.8. The minimum absolute atomic E-state index is 0.0508. The number of amides is 1. The van der Waals surface area contributed by atoms with Gasteiger partial charge in [0, 0.05) is 18.3 Å². The van der Waals surface area contributed by atoms with Crippen molar-refractivity contribution in [2.24, 2.45) is 0 Å². The maximum Gasteiger partial charge on any atom is 0.234 e. The van der Waals surface area contributed by atoms with Gasteiger partial charge >= 0.3 is 0 Å². The van der Waals surface area contributed by atoms with Gasteiger partial charge < -0.3 is 9.84 Å². The van der Waals surface area contributed by atoms with E-state index in [2.05, 4.69) is 15.8 Å². The van der Waals surface area contributed by atoms with Gasteiger partial charge in [0.2, 0.25) is 11.8 Å². The molecule has 2 N–H and O–H groups in total. The van der Waals surface area contributed by atoms with Gasteiger partial charge in [0.05, 0.1) is 11.6 Å². The van der Waals surface area contributed by atoms with Crippen LogP contribution in [0.1, 0.15) is 23.6 Å². The van der Waals surface area contributed by atoms with E-state index in [1.807, 2.05) is 31.2 Å². The Bertz CT molecular complexity index is 606. The fraction of sp³-hybridized carbons (Fsp3) is 0.286. The minimum atomic E-state index is -0.150. The first-order valence-electron chi connectivity index (χ1n) is 6.31. The fourth-order valence-corrected chi connectivity index (χ4v) is 2.37. The molecule has 1 aliphatic heterocycles. The van der Waals surface area contributed by atoms with Crippen molar-refractivity contribution in [3.63, 3.8) is 0 Å². The molecule has 1 aliphatic rings. The Morgan fingerprint density at radius 3 is 3.11 bits per heavy atom. The van der Waals surface area contributed by atoms with Crippen LogP contribution >= 0.6 is 0 Å². The average molecular weight is 257 g/mol. The molecule has 0 saturated carbocycles. The first-order valence-corrected chi connectivity index (χ1v) is 6.31. The standard InChI is InChI=1S/C14H15N3O2/c1-9-8-13(19-17-9)16-14(18)11-6-7-15-12-5-3-2-4-10(11)12/h2-5,8,11,15H,6-7H2,1H3,(H,16,18). The third-order valence-electron chi connectivity index (χ3n) is 3.28. The number of para-hydroxylation sites is 1. The number of hydrogen-bond acceptors (Lipinski definition) is 4. The quantitative estimate of drug-likeness (QED) is 0.867. The van der Waals surface area contributed by atoms with Crippen LogP contribution < -0.4 is 10.6 Å². The molecule has 1 aromatic carbocycles. The summed E-state index contributed by atoms with van der Waals surface area (Å²) in [6.07, 6.45) is 0.774. The third kappa shape index (κ3) is 2.31. The van der Waals surface area contributed by atoms with Gasteiger partial charge in [-0.05, 0) is 25.0 Å². The third-order valence-corrected chi connectivity index (χ3v) is 3.28. The smallest absolute Gasteiger partial charge is 0.234 e. The zero-order valence-corrected chi connectivity index (χ0v) is 10.6. The molecule has 2 heterocycles. The minimum Gasteiger partial charge on any atom is -0.385 e. The van der Waals surface area contributed by atoms with E-state index in [4.69, 9.17) is 4.52 Å². The molecule has 0 spiro atoms. The highest BCUT2D eigenvalue weighted by Crippen LogP contribution is 2.32. The summed E-state index contributed by atoms with van der Waals surface area (Å²) in [6.45, 7) is 2.61. The molecule has 1 unspecified atom stereocenters. The van der Waals surface area contributed by atoms with E-state index < -0.39 is 0 Å². The van der Waals surface area contributed by atoms with Crippen molar-refractivity contribution < 1.29 is 9.32 Å². The monoisotopic (exact) mass is 257 g/mol. The maximum absolute atomic E-state index is 12.3. The average Bonchev–Trinajstić information content (AvgIpc) is 2.83. The van der Waals surface area contributed by atoms with Crippen LogP contribution in [0.2, 0.25) is 0 Å². The van der Waals surface area contributed by atoms with Crippen molar-refractivity contribution in [3.05, 3.63) is 41.6 Å². The summed E-state index contributed by atoms with van der Waals surface area (Å²) >= 11 is 0. The highest BCUT2D eigenvalue weighted by Gasteiger charge is 2.26. The van der Waals surface area contributed by atoms with Gasteiger partial charge in [-0.1, -0.05) is 23.4 Å². The van der Waals surface area contributed by atoms with Crippen LogP contribution in [0.15, 0.2) is 34.9 Å². The van der Waals surface area contributed by atoms with E-state index in [0.29, 0.717) is 5.88 Å². The Labute approximate surface area is 111 Å². The normalized spacial score (nSPS) is 17.4. The van der Waals surface area contributed by atoms with Gasteiger partial charge in [0.25, 0.3) is 0 Å². The van der Waals surface area contributed by atoms with Crippen LogP contribution in [0.3, 0.4) is 0 Å². The lowest BCUT2D eigenvalue weighted by Gasteiger charge is -2.25. The molecule has 5 nitrogen and oxygen atoms in total. The van der Waals surface area contributed by atoms with Crippen LogP contribution in [-0.2, 0) is 4.79 Å². The Hall–Kier alpha value is -2.30. The molecule has 0 radical (unpaired) electrons. The molecule has 0 aliphatic carbocycles. The molecular formula is C14H15N3O2. The number of fused-ring (bicyclic) bond motifs is 1. The summed E-state index contributed by atoms with van der Waals surface area (Å²) in [6, 6.07) is 9.60. The number of rotatable bonds is 2. The van der Waals surface area contributed by atoms with Crippen molar-refractivity contribution in [1.29, 1.82) is 0 Å². The van der Waals surface area contributed by atoms with E-state index in [1.165, 1.54) is 0 Å². The molecule has 19 heavy (non-hydrogen) atoms. The Kier molecular flexibility index (Phi) is 2.95. The summed E-state index contributed by atoms with van der Waals surface area (Å²) in [5, 5.41) is 9.83. The topological polar surface area (TPSA) is 67.2 Å². The van der Waals surface area contributed by atoms with Gasteiger partial charge in [-0.25, -0.2) is 0 Å². The number of hydrogen-bond donors (Lipinski definition) is 2. The second-order valence-corrected chi connectivity index (χ2v) is 4.68. The Morgan fingerprint density at radius 1 is 1.47 bits per heavy atom. The van der Waals surface area contributed by atoms with Crippen LogP contribution in [0.25, 0.3) is 0 Å². The van der Waals surface area contributed by atoms with Gasteiger partial charge in [-0.3, -0.25) is 10.1 Å². The second-order valence-electron chi connectivity index (χ2n) is 4.68. The van der Waals surface area contributed by atoms with E-state index >= 15 is 0 Å². The van der Waals surface area contributed by atoms with Gasteiger partial charge in [-0.15, -0.1) is 0 Å². The molecule has 1 aromatic heterocycles. The van der Waals surface area contributed by atoms with E-state index in [-0.39, 0.29) is 11.8 Å². The zero-order valence-electron chi connectivity index (χ0n) is 10.6. The molecule has 0 saturated heterocycles. The molecule has 98 valence electrons. The summed E-state index contributed by atoms with van der Waals surface area (Å²) < 4.78 is 5.02. The number of nitrogens with zero attached hydrogens (tertiary/aromatic N) is 1. The van der Waals surface area contributed by atoms with E-state index in [0.717, 1.165) is 29.9 Å². The highest BCUT2D eigenvalue weighted by molar-refractivity contribution is 5.96. The Balaban J connectivity index is 1.81. The summed E-state index contributed by atoms with van der Waals surface area (Å²) in [4.78, 5) is 12.3. The zero-order chi connectivity index (χ0) is 13.2. The van der Waals surface area contributed by atoms with Gasteiger partial charge in [-0.2, -0.15) is 0 Å². The predicted octanol–water partition coefficient (Wildman–Crippen LogP) is 2.52. The fourth-order valence-electron chi connectivity index (χ4n) is 2.37. The molecular weight excluding hydrogens is 242 g/mol. The number of carbonyl (C=O) groups excluding carboxylic acids is 1. The summed E-state index contributed by atoms with van der Waals surface area (Å²) in [7, 11) is 0. The number of anilines is 2. The predicted molar refractivity (Wildman–Crippen MR) is 72.2 cm³/mol. The largest absolute Gasteiger partial charge is 0.385 e. The van der Waals surface area contributed by atoms with Gasteiger partial charge in [0.15, 0.2) is 0 Å². The van der Waals surface area contributed by atoms with Crippen molar-refractivity contribution in [1.82, 2.24) is 5.16 Å². The number of aryl methyl sites for hydroxylation is 1. The van der Waals surface area contributed by atoms with Crippen LogP contribution in [0.5, 0.6) is 0 Å². The van der Waals surface area contributed by atoms with Crippen LogP contribution in [0, 0.1) is 6.92 Å². The lowest BCUT2D eigenvalue weighted by atomic mass is 9.90. The number of aromatic nitrogens is 1. The molecule has 1 atom stereocenters. The molecule has 3 rings (SSSR count). The van der Waals surface area contributed by atoms with Gasteiger partial charge in [0.1, 0.15) is 0 Å². The molecule has 5 heteroatoms. The first-order chi connectivity index (χ1) is 9.24. The lowest BCUT2D eigenvalue weighted by Crippen LogP contribution is -2.27. The molecule has 0 fully saturated rings. The number of carbonyl (C=O) groups is 1. The number of nitrogens with one attached hydrogen (secondary N) is 2. The lowest BCUT2D eigenvalue weighted by molar-refractivity contribution is -0.117. The highest BCUT2D eigenvalue weighted by atomic mass is 16.5. The van der Waals surface area contributed by atoms with Crippen LogP contribution in [-0.4, -0.2) is 17.6 Å². The van der Waals surface area contributed by atoms with Crippen LogP contribution in [0.4, 0.5) is 11.6 Å². The summed E-state index contributed by atoms with van der Waals surface area (Å²) in [5.74, 6) is 0.200. The second kappa shape index (κ2) is 4.76. The number of benzene rings is 1. The van der Waals surface area contributed by atoms with E-state index in [1.54, 1.807) is 6.07 Å². The van der Waals surface area contributed by atoms with Crippen molar-refractivity contribution >= 4 is 17.5 Å². The Morgan fingerprint density at radius 2 is 2.32 bits per heavy atom. The van der Waals surface area contributed by atoms with Crippen molar-refractivity contribution in [2.45, 2.75) is 19.3 Å². The van der Waals surface area contributed by atoms with E-state index in [9.17, 15) is 4.79 Å². The maximum atomic E-state index is 12.3. The molecule has 1 amide bonds. The summed E-state index contributed by atoms with van der Waals surface area (Å²) in [5.41, 5.74) is 2.81. The SMILES string of the molecule is Cc1cc(NC(=O)C2CCNc3ccccc32)on1. The van der Waals surface area contributed by atoms with Crippen molar-refractivity contribution in [2.75, 3.05) is 17.2 Å². The van der Waals surface area contributed by atoms with Crippen molar-refractivity contribution in [3.8, 4) is 0 Å².